The third-order valence-corrected chi connectivity index (χ3v) is 0.909. The van der Waals surface area contributed by atoms with Crippen LogP contribution < -0.4 is 5.32 Å². The second-order valence-electron chi connectivity index (χ2n) is 1.67. The van der Waals surface area contributed by atoms with Gasteiger partial charge in [0.15, 0.2) is 0 Å². The van der Waals surface area contributed by atoms with Crippen molar-refractivity contribution >= 4 is 6.21 Å². The summed E-state index contributed by atoms with van der Waals surface area (Å²) < 4.78 is 0. The first-order valence-corrected chi connectivity index (χ1v) is 2.44. The van der Waals surface area contributed by atoms with Gasteiger partial charge in [0.1, 0.15) is 0 Å². The van der Waals surface area contributed by atoms with Crippen LogP contribution in [0.4, 0.5) is 0 Å². The lowest BCUT2D eigenvalue weighted by Crippen LogP contribution is -2.27. The Hall–Kier alpha value is -0.830. The largest absolute Gasteiger partial charge is 0.355 e. The predicted molar refractivity (Wildman–Crippen MR) is 31.4 cm³/mol. The zero-order valence-electron chi connectivity index (χ0n) is 4.63. The molecule has 1 rings (SSSR count). The number of aliphatic imine (C=N–C) groups is 1. The van der Waals surface area contributed by atoms with Crippen molar-refractivity contribution in [2.45, 2.75) is 13.3 Å². The van der Waals surface area contributed by atoms with Gasteiger partial charge in [0.2, 0.25) is 6.35 Å². The summed E-state index contributed by atoms with van der Waals surface area (Å²) >= 11 is 0. The van der Waals surface area contributed by atoms with Crippen LogP contribution in [-0.4, -0.2) is 17.7 Å². The lowest BCUT2D eigenvalue weighted by molar-refractivity contribution is 0.158. The number of nitrogens with zero attached hydrogens (tertiary/aromatic N) is 1. The van der Waals surface area contributed by atoms with Gasteiger partial charge in [-0.2, -0.15) is 0 Å². The Balaban J connectivity index is 2.59. The number of aliphatic hydroxyl groups excluding tert-OH is 1. The normalized spacial score (nSPS) is 26.8. The van der Waals surface area contributed by atoms with Gasteiger partial charge in [0.25, 0.3) is 0 Å². The number of hydrogen-bond acceptors (Lipinski definition) is 3. The van der Waals surface area contributed by atoms with Gasteiger partial charge in [-0.05, 0) is 13.0 Å². The minimum absolute atomic E-state index is 0.736. The van der Waals surface area contributed by atoms with Gasteiger partial charge < -0.3 is 10.4 Å². The summed E-state index contributed by atoms with van der Waals surface area (Å²) in [6.45, 7) is 1.87. The molecule has 0 bridgehead atoms. The van der Waals surface area contributed by atoms with E-state index in [9.17, 15) is 0 Å². The van der Waals surface area contributed by atoms with Crippen LogP contribution in [0.3, 0.4) is 0 Å². The molecule has 44 valence electrons. The number of nitrogens with one attached hydrogen (secondary N) is 1. The summed E-state index contributed by atoms with van der Waals surface area (Å²) in [4.78, 5) is 3.62. The number of rotatable bonds is 0. The Kier molecular flexibility index (Phi) is 1.30. The molecule has 0 radical (unpaired) electrons. The van der Waals surface area contributed by atoms with Crippen LogP contribution in [0.15, 0.2) is 16.8 Å². The van der Waals surface area contributed by atoms with Gasteiger partial charge in [-0.1, -0.05) is 0 Å². The summed E-state index contributed by atoms with van der Waals surface area (Å²) in [6.07, 6.45) is 2.64. The van der Waals surface area contributed by atoms with Crippen molar-refractivity contribution in [1.29, 1.82) is 0 Å². The predicted octanol–water partition coefficient (Wildman–Crippen LogP) is -0.160. The topological polar surface area (TPSA) is 44.6 Å². The maximum absolute atomic E-state index is 8.73. The molecule has 0 amide bonds. The molecule has 0 aliphatic carbocycles. The van der Waals surface area contributed by atoms with E-state index in [2.05, 4.69) is 10.3 Å². The van der Waals surface area contributed by atoms with Crippen LogP contribution in [0.25, 0.3) is 0 Å². The lowest BCUT2D eigenvalue weighted by Gasteiger charge is -2.11. The van der Waals surface area contributed by atoms with Gasteiger partial charge >= 0.3 is 0 Å². The van der Waals surface area contributed by atoms with Gasteiger partial charge in [-0.3, -0.25) is 0 Å². The minimum Gasteiger partial charge on any atom is -0.355 e. The molecule has 0 saturated carbocycles. The molecule has 0 aromatic carbocycles. The summed E-state index contributed by atoms with van der Waals surface area (Å²) in [7, 11) is 0. The first-order valence-electron chi connectivity index (χ1n) is 2.44. The quantitative estimate of drug-likeness (QED) is 0.457. The average molecular weight is 112 g/mol. The van der Waals surface area contributed by atoms with Crippen molar-refractivity contribution < 1.29 is 5.11 Å². The molecule has 1 aliphatic heterocycles. The van der Waals surface area contributed by atoms with Gasteiger partial charge in [-0.15, -0.1) is 0 Å². The molecule has 3 heteroatoms. The summed E-state index contributed by atoms with van der Waals surface area (Å²) in [5.41, 5.74) is 0.938. The Bertz CT molecular complexity index is 139. The summed E-state index contributed by atoms with van der Waals surface area (Å²) in [6, 6.07) is 0. The van der Waals surface area contributed by atoms with Crippen molar-refractivity contribution in [2.75, 3.05) is 0 Å². The monoisotopic (exact) mass is 112 g/mol. The van der Waals surface area contributed by atoms with E-state index in [1.165, 1.54) is 0 Å². The highest BCUT2D eigenvalue weighted by Crippen LogP contribution is 1.93. The molecule has 1 aliphatic rings. The third kappa shape index (κ3) is 1.07. The van der Waals surface area contributed by atoms with E-state index in [0.717, 1.165) is 5.70 Å². The molecule has 1 heterocycles. The Morgan fingerprint density at radius 1 is 1.88 bits per heavy atom. The second-order valence-corrected chi connectivity index (χ2v) is 1.67. The van der Waals surface area contributed by atoms with Crippen molar-refractivity contribution in [3.05, 3.63) is 11.8 Å². The van der Waals surface area contributed by atoms with Gasteiger partial charge in [0, 0.05) is 11.9 Å². The average Bonchev–Trinajstić information content (AvgIpc) is 1.64. The van der Waals surface area contributed by atoms with E-state index in [1.807, 2.05) is 6.92 Å². The molecule has 3 nitrogen and oxygen atoms in total. The molecule has 1 atom stereocenters. The van der Waals surface area contributed by atoms with Crippen LogP contribution in [0.1, 0.15) is 6.92 Å². The van der Waals surface area contributed by atoms with Crippen LogP contribution >= 0.6 is 0 Å². The third-order valence-electron chi connectivity index (χ3n) is 0.909. The Morgan fingerprint density at radius 2 is 2.62 bits per heavy atom. The standard InChI is InChI=1S/C5H8N2O/c1-4-2-3-6-5(8)7-4/h2-3,5,7-8H,1H3. The zero-order chi connectivity index (χ0) is 5.98. The summed E-state index contributed by atoms with van der Waals surface area (Å²) in [5, 5.41) is 11.4. The van der Waals surface area contributed by atoms with E-state index in [1.54, 1.807) is 12.3 Å². The molecule has 0 spiro atoms. The maximum Gasteiger partial charge on any atom is 0.222 e. The first kappa shape index (κ1) is 5.31. The number of hydrogen-bond donors (Lipinski definition) is 2. The van der Waals surface area contributed by atoms with Gasteiger partial charge in [-0.25, -0.2) is 4.99 Å². The fraction of sp³-hybridized carbons (Fsp3) is 0.400. The molecular weight excluding hydrogens is 104 g/mol. The Morgan fingerprint density at radius 3 is 3.00 bits per heavy atom. The summed E-state index contributed by atoms with van der Waals surface area (Å²) in [5.74, 6) is 0. The highest BCUT2D eigenvalue weighted by Gasteiger charge is 1.99. The van der Waals surface area contributed by atoms with Crippen molar-refractivity contribution in [2.24, 2.45) is 4.99 Å². The van der Waals surface area contributed by atoms with E-state index in [-0.39, 0.29) is 0 Å². The SMILES string of the molecule is CC1=CC=NC(O)N1. The molecule has 0 saturated heterocycles. The molecule has 1 unspecified atom stereocenters. The molecular formula is C5H8N2O. The second kappa shape index (κ2) is 1.96. The van der Waals surface area contributed by atoms with E-state index in [0.29, 0.717) is 0 Å². The van der Waals surface area contributed by atoms with Crippen LogP contribution in [0.2, 0.25) is 0 Å². The fourth-order valence-corrected chi connectivity index (χ4v) is 0.525. The molecule has 8 heavy (non-hydrogen) atoms. The van der Waals surface area contributed by atoms with E-state index < -0.39 is 6.35 Å². The van der Waals surface area contributed by atoms with E-state index in [4.69, 9.17) is 5.11 Å². The van der Waals surface area contributed by atoms with Crippen molar-refractivity contribution in [3.8, 4) is 0 Å². The minimum atomic E-state index is -0.736. The fourth-order valence-electron chi connectivity index (χ4n) is 0.525. The van der Waals surface area contributed by atoms with Crippen LogP contribution in [-0.2, 0) is 0 Å². The highest BCUT2D eigenvalue weighted by molar-refractivity contribution is 5.72. The first-order chi connectivity index (χ1) is 3.79. The molecule has 2 N–H and O–H groups in total. The van der Waals surface area contributed by atoms with Crippen LogP contribution in [0.5, 0.6) is 0 Å². The van der Waals surface area contributed by atoms with Gasteiger partial charge in [0.05, 0.1) is 0 Å². The lowest BCUT2D eigenvalue weighted by atomic mass is 10.4. The van der Waals surface area contributed by atoms with E-state index >= 15 is 0 Å². The highest BCUT2D eigenvalue weighted by atomic mass is 16.3. The smallest absolute Gasteiger partial charge is 0.222 e. The maximum atomic E-state index is 8.73. The van der Waals surface area contributed by atoms with Crippen molar-refractivity contribution in [3.63, 3.8) is 0 Å². The number of allylic oxidation sites excluding steroid dienone is 2. The molecule has 0 aromatic heterocycles. The zero-order valence-corrected chi connectivity index (χ0v) is 4.63. The Labute approximate surface area is 47.7 Å². The van der Waals surface area contributed by atoms with Crippen LogP contribution in [0, 0.1) is 0 Å². The van der Waals surface area contributed by atoms with Crippen molar-refractivity contribution in [1.82, 2.24) is 5.32 Å². The molecule has 0 fully saturated rings. The molecule has 0 aromatic rings. The number of aliphatic hydroxyl groups is 1.